The highest BCUT2D eigenvalue weighted by Gasteiger charge is 2.25. The van der Waals surface area contributed by atoms with Crippen molar-refractivity contribution in [1.82, 2.24) is 20.4 Å². The number of guanidine groups is 1. The van der Waals surface area contributed by atoms with Crippen molar-refractivity contribution in [2.24, 2.45) is 4.99 Å². The normalized spacial score (nSPS) is 19.1. The van der Waals surface area contributed by atoms with Gasteiger partial charge in [0.15, 0.2) is 5.96 Å². The molecule has 2 saturated heterocycles. The number of nitrogens with one attached hydrogen (secondary N) is 2. The number of hydrogen-bond donors (Lipinski definition) is 2. The van der Waals surface area contributed by atoms with Gasteiger partial charge in [-0.3, -0.25) is 9.80 Å². The molecule has 6 heteroatoms. The van der Waals surface area contributed by atoms with E-state index in [0.717, 1.165) is 44.4 Å². The first-order valence-corrected chi connectivity index (χ1v) is 11.9. The van der Waals surface area contributed by atoms with E-state index in [1.807, 2.05) is 6.07 Å². The molecule has 4 rings (SSSR count). The maximum Gasteiger partial charge on any atom is 0.191 e. The van der Waals surface area contributed by atoms with Crippen molar-refractivity contribution in [1.29, 1.82) is 0 Å². The molecule has 168 valence electrons. The van der Waals surface area contributed by atoms with Gasteiger partial charge in [-0.2, -0.15) is 0 Å². The number of hydrogen-bond acceptors (Lipinski definition) is 4. The second kappa shape index (κ2) is 11.3. The van der Waals surface area contributed by atoms with Gasteiger partial charge in [0.25, 0.3) is 0 Å². The summed E-state index contributed by atoms with van der Waals surface area (Å²) in [5.74, 6) is 1.89. The molecule has 2 fully saturated rings. The first-order chi connectivity index (χ1) is 15.3. The Kier molecular flexibility index (Phi) is 8.02. The van der Waals surface area contributed by atoms with E-state index in [1.165, 1.54) is 49.9 Å². The van der Waals surface area contributed by atoms with Crippen molar-refractivity contribution >= 4 is 5.96 Å². The largest absolute Gasteiger partial charge is 0.468 e. The van der Waals surface area contributed by atoms with Gasteiger partial charge in [0.05, 0.1) is 18.8 Å². The molecule has 1 unspecified atom stereocenters. The van der Waals surface area contributed by atoms with E-state index in [0.29, 0.717) is 6.54 Å². The zero-order valence-electron chi connectivity index (χ0n) is 18.9. The third-order valence-corrected chi connectivity index (χ3v) is 6.31. The zero-order chi connectivity index (χ0) is 21.3. The van der Waals surface area contributed by atoms with Gasteiger partial charge in [0, 0.05) is 19.6 Å². The molecule has 0 amide bonds. The van der Waals surface area contributed by atoms with E-state index >= 15 is 0 Å². The fraction of sp³-hybridized carbons (Fsp3) is 0.560. The number of rotatable bonds is 9. The number of aliphatic imine (C=N–C) groups is 1. The van der Waals surface area contributed by atoms with Crippen molar-refractivity contribution in [2.45, 2.75) is 51.7 Å². The smallest absolute Gasteiger partial charge is 0.191 e. The Labute approximate surface area is 186 Å². The lowest BCUT2D eigenvalue weighted by Gasteiger charge is -2.26. The third kappa shape index (κ3) is 6.34. The van der Waals surface area contributed by atoms with Gasteiger partial charge in [0.2, 0.25) is 0 Å². The summed E-state index contributed by atoms with van der Waals surface area (Å²) in [5.41, 5.74) is 2.64. The molecule has 0 radical (unpaired) electrons. The second-order valence-electron chi connectivity index (χ2n) is 8.65. The minimum atomic E-state index is 0.242. The van der Waals surface area contributed by atoms with Crippen LogP contribution in [0, 0.1) is 0 Å². The van der Waals surface area contributed by atoms with Crippen LogP contribution in [0.4, 0.5) is 0 Å². The molecule has 2 aromatic rings. The predicted octanol–water partition coefficient (Wildman–Crippen LogP) is 3.77. The summed E-state index contributed by atoms with van der Waals surface area (Å²) < 4.78 is 5.74. The Hall–Kier alpha value is -2.31. The highest BCUT2D eigenvalue weighted by molar-refractivity contribution is 5.79. The molecular formula is C25H37N5O. The van der Waals surface area contributed by atoms with Gasteiger partial charge >= 0.3 is 0 Å². The predicted molar refractivity (Wildman–Crippen MR) is 126 cm³/mol. The van der Waals surface area contributed by atoms with Crippen LogP contribution >= 0.6 is 0 Å². The van der Waals surface area contributed by atoms with Gasteiger partial charge < -0.3 is 15.1 Å². The number of furan rings is 1. The van der Waals surface area contributed by atoms with E-state index in [9.17, 15) is 0 Å². The lowest BCUT2D eigenvalue weighted by Crippen LogP contribution is -2.42. The van der Waals surface area contributed by atoms with Gasteiger partial charge in [0.1, 0.15) is 5.76 Å². The summed E-state index contributed by atoms with van der Waals surface area (Å²) in [4.78, 5) is 9.88. The summed E-state index contributed by atoms with van der Waals surface area (Å²) in [7, 11) is 0. The van der Waals surface area contributed by atoms with Crippen LogP contribution < -0.4 is 10.6 Å². The minimum Gasteiger partial charge on any atom is -0.468 e. The maximum absolute atomic E-state index is 5.74. The maximum atomic E-state index is 5.74. The lowest BCUT2D eigenvalue weighted by molar-refractivity contribution is 0.215. The van der Waals surface area contributed by atoms with Crippen LogP contribution in [-0.2, 0) is 13.1 Å². The molecule has 0 aliphatic carbocycles. The molecule has 1 atom stereocenters. The van der Waals surface area contributed by atoms with Crippen LogP contribution in [0.2, 0.25) is 0 Å². The summed E-state index contributed by atoms with van der Waals surface area (Å²) in [6, 6.07) is 13.2. The molecule has 0 spiro atoms. The molecule has 0 bridgehead atoms. The summed E-state index contributed by atoms with van der Waals surface area (Å²) in [5, 5.41) is 6.93. The summed E-state index contributed by atoms with van der Waals surface area (Å²) >= 11 is 0. The van der Waals surface area contributed by atoms with Gasteiger partial charge in [-0.15, -0.1) is 0 Å². The van der Waals surface area contributed by atoms with Crippen molar-refractivity contribution < 1.29 is 4.42 Å². The molecule has 1 aromatic carbocycles. The Morgan fingerprint density at radius 3 is 2.35 bits per heavy atom. The highest BCUT2D eigenvalue weighted by Crippen LogP contribution is 2.24. The molecule has 2 aliphatic rings. The molecule has 3 heterocycles. The molecule has 0 saturated carbocycles. The van der Waals surface area contributed by atoms with Crippen molar-refractivity contribution in [3.05, 3.63) is 59.5 Å². The van der Waals surface area contributed by atoms with E-state index < -0.39 is 0 Å². The van der Waals surface area contributed by atoms with E-state index in [2.05, 4.69) is 57.7 Å². The first-order valence-electron chi connectivity index (χ1n) is 11.9. The van der Waals surface area contributed by atoms with Gasteiger partial charge in [-0.25, -0.2) is 4.99 Å². The molecule has 2 N–H and O–H groups in total. The minimum absolute atomic E-state index is 0.242. The SMILES string of the molecule is CCNC(=NCc1ccc(CN2CCCC2)cc1)NCC(c1ccco1)N1CCCC1. The van der Waals surface area contributed by atoms with Crippen molar-refractivity contribution in [3.63, 3.8) is 0 Å². The zero-order valence-corrected chi connectivity index (χ0v) is 18.9. The Morgan fingerprint density at radius 1 is 0.968 bits per heavy atom. The Morgan fingerprint density at radius 2 is 1.68 bits per heavy atom. The summed E-state index contributed by atoms with van der Waals surface area (Å²) in [6.45, 7) is 10.2. The molecular weight excluding hydrogens is 386 g/mol. The Balaban J connectivity index is 1.33. The molecule has 2 aliphatic heterocycles. The van der Waals surface area contributed by atoms with Gasteiger partial charge in [-0.1, -0.05) is 24.3 Å². The van der Waals surface area contributed by atoms with Crippen LogP contribution in [0.25, 0.3) is 0 Å². The number of likely N-dealkylation sites (tertiary alicyclic amines) is 2. The van der Waals surface area contributed by atoms with Crippen molar-refractivity contribution in [2.75, 3.05) is 39.3 Å². The van der Waals surface area contributed by atoms with E-state index in [4.69, 9.17) is 9.41 Å². The van der Waals surface area contributed by atoms with Crippen LogP contribution in [0.5, 0.6) is 0 Å². The number of nitrogens with zero attached hydrogens (tertiary/aromatic N) is 3. The first kappa shape index (κ1) is 21.9. The monoisotopic (exact) mass is 423 g/mol. The van der Waals surface area contributed by atoms with Crippen LogP contribution in [0.3, 0.4) is 0 Å². The van der Waals surface area contributed by atoms with E-state index in [1.54, 1.807) is 6.26 Å². The van der Waals surface area contributed by atoms with Crippen LogP contribution in [0.1, 0.15) is 55.5 Å². The fourth-order valence-corrected chi connectivity index (χ4v) is 4.60. The van der Waals surface area contributed by atoms with Crippen molar-refractivity contribution in [3.8, 4) is 0 Å². The molecule has 31 heavy (non-hydrogen) atoms. The highest BCUT2D eigenvalue weighted by atomic mass is 16.3. The topological polar surface area (TPSA) is 56.0 Å². The Bertz CT molecular complexity index is 790. The summed E-state index contributed by atoms with van der Waals surface area (Å²) in [6.07, 6.45) is 6.97. The van der Waals surface area contributed by atoms with E-state index in [-0.39, 0.29) is 6.04 Å². The molecule has 1 aromatic heterocycles. The second-order valence-corrected chi connectivity index (χ2v) is 8.65. The fourth-order valence-electron chi connectivity index (χ4n) is 4.60. The lowest BCUT2D eigenvalue weighted by atomic mass is 10.1. The standard InChI is InChI=1S/C25H37N5O/c1-2-26-25(28-19-23(24-8-7-17-31-24)30-15-5-6-16-30)27-18-21-9-11-22(12-10-21)20-29-13-3-4-14-29/h7-12,17,23H,2-6,13-16,18-20H2,1H3,(H2,26,27,28). The third-order valence-electron chi connectivity index (χ3n) is 6.31. The average Bonchev–Trinajstić information content (AvgIpc) is 3.57. The number of benzene rings is 1. The average molecular weight is 424 g/mol. The quantitative estimate of drug-likeness (QED) is 0.475. The van der Waals surface area contributed by atoms with Gasteiger partial charge in [-0.05, 0) is 82.0 Å². The molecule has 6 nitrogen and oxygen atoms in total. The van der Waals surface area contributed by atoms with Crippen LogP contribution in [0.15, 0.2) is 52.1 Å². The van der Waals surface area contributed by atoms with Crippen LogP contribution in [-0.4, -0.2) is 55.0 Å².